The Morgan fingerprint density at radius 1 is 0.500 bits per heavy atom. The van der Waals surface area contributed by atoms with Crippen molar-refractivity contribution in [1.29, 1.82) is 0 Å². The first-order valence-electron chi connectivity index (χ1n) is 5.95. The van der Waals surface area contributed by atoms with Crippen molar-refractivity contribution in [3.8, 4) is 0 Å². The van der Waals surface area contributed by atoms with Gasteiger partial charge in [0.15, 0.2) is 0 Å². The molecule has 12 heavy (non-hydrogen) atoms. The lowest BCUT2D eigenvalue weighted by Crippen LogP contribution is -2.23. The smallest absolute Gasteiger partial charge is 0.0409 e. The third-order valence-corrected chi connectivity index (χ3v) is 3.81. The van der Waals surface area contributed by atoms with E-state index in [1.165, 1.54) is 38.5 Å². The van der Waals surface area contributed by atoms with Crippen LogP contribution in [0.2, 0.25) is 0 Å². The summed E-state index contributed by atoms with van der Waals surface area (Å²) < 4.78 is 0. The number of hydrogen-bond donors (Lipinski definition) is 0. The molecule has 0 N–H and O–H groups in total. The van der Waals surface area contributed by atoms with Crippen LogP contribution in [0.3, 0.4) is 0 Å². The zero-order valence-corrected chi connectivity index (χ0v) is 8.23. The molecule has 0 saturated heterocycles. The molecule has 0 atom stereocenters. The number of fused-ring (bicyclic) bond motifs is 7. The van der Waals surface area contributed by atoms with E-state index in [4.69, 9.17) is 0 Å². The standard InChI is InChI=1S/C12H22/c1-2-4-6-8-12-9-11(10-12)7-5-3-1/h11-12H,1-10H2. The van der Waals surface area contributed by atoms with Gasteiger partial charge in [-0.2, -0.15) is 0 Å². The molecule has 0 heterocycles. The molecule has 3 aliphatic rings. The van der Waals surface area contributed by atoms with Gasteiger partial charge >= 0.3 is 0 Å². The van der Waals surface area contributed by atoms with Crippen molar-refractivity contribution in [2.75, 3.05) is 0 Å². The van der Waals surface area contributed by atoms with Gasteiger partial charge < -0.3 is 0 Å². The van der Waals surface area contributed by atoms with Crippen LogP contribution < -0.4 is 0 Å². The summed E-state index contributed by atoms with van der Waals surface area (Å²) in [6.45, 7) is 0. The van der Waals surface area contributed by atoms with E-state index in [9.17, 15) is 0 Å². The maximum Gasteiger partial charge on any atom is -0.0409 e. The van der Waals surface area contributed by atoms with Crippen LogP contribution >= 0.6 is 0 Å². The molecule has 3 aliphatic carbocycles. The lowest BCUT2D eigenvalue weighted by atomic mass is 9.71. The predicted octanol–water partition coefficient (Wildman–Crippen LogP) is 4.15. The molecule has 3 saturated carbocycles. The maximum atomic E-state index is 1.58. The average molecular weight is 166 g/mol. The van der Waals surface area contributed by atoms with Crippen LogP contribution in [-0.4, -0.2) is 0 Å². The number of hydrogen-bond acceptors (Lipinski definition) is 0. The van der Waals surface area contributed by atoms with Crippen molar-refractivity contribution in [1.82, 2.24) is 0 Å². The molecule has 0 unspecified atom stereocenters. The Balaban J connectivity index is 1.73. The summed E-state index contributed by atoms with van der Waals surface area (Å²) >= 11 is 0. The van der Waals surface area contributed by atoms with E-state index in [0.717, 1.165) is 11.8 Å². The van der Waals surface area contributed by atoms with E-state index in [1.54, 1.807) is 25.7 Å². The van der Waals surface area contributed by atoms with Crippen molar-refractivity contribution in [3.63, 3.8) is 0 Å². The highest BCUT2D eigenvalue weighted by Crippen LogP contribution is 2.40. The molecule has 2 bridgehead atoms. The third kappa shape index (κ3) is 2.24. The Hall–Kier alpha value is 0. The zero-order chi connectivity index (χ0) is 8.23. The van der Waals surface area contributed by atoms with Crippen molar-refractivity contribution >= 4 is 0 Å². The minimum atomic E-state index is 1.15. The first-order chi connectivity index (χ1) is 5.95. The maximum absolute atomic E-state index is 1.58. The van der Waals surface area contributed by atoms with Crippen molar-refractivity contribution < 1.29 is 0 Å². The van der Waals surface area contributed by atoms with Gasteiger partial charge in [0.2, 0.25) is 0 Å². The molecule has 0 radical (unpaired) electrons. The summed E-state index contributed by atoms with van der Waals surface area (Å²) in [5.41, 5.74) is 0. The average Bonchev–Trinajstić information content (AvgIpc) is 2.07. The molecule has 0 amide bonds. The minimum Gasteiger partial charge on any atom is -0.0533 e. The lowest BCUT2D eigenvalue weighted by Gasteiger charge is -2.35. The van der Waals surface area contributed by atoms with Gasteiger partial charge in [0.1, 0.15) is 0 Å². The lowest BCUT2D eigenvalue weighted by molar-refractivity contribution is 0.167. The van der Waals surface area contributed by atoms with Gasteiger partial charge in [-0.05, 0) is 24.7 Å². The van der Waals surface area contributed by atoms with E-state index in [2.05, 4.69) is 0 Å². The van der Waals surface area contributed by atoms with Crippen LogP contribution in [-0.2, 0) is 0 Å². The highest BCUT2D eigenvalue weighted by molar-refractivity contribution is 4.79. The first kappa shape index (κ1) is 8.59. The second kappa shape index (κ2) is 4.30. The molecule has 0 nitrogen and oxygen atoms in total. The molecule has 0 aromatic rings. The van der Waals surface area contributed by atoms with Crippen molar-refractivity contribution in [3.05, 3.63) is 0 Å². The molecule has 0 aromatic carbocycles. The van der Waals surface area contributed by atoms with Crippen LogP contribution in [0.25, 0.3) is 0 Å². The van der Waals surface area contributed by atoms with Gasteiger partial charge in [-0.1, -0.05) is 51.4 Å². The van der Waals surface area contributed by atoms with Crippen LogP contribution in [0.4, 0.5) is 0 Å². The summed E-state index contributed by atoms with van der Waals surface area (Å²) in [5.74, 6) is 2.29. The summed E-state index contributed by atoms with van der Waals surface area (Å²) in [4.78, 5) is 0. The fourth-order valence-corrected chi connectivity index (χ4v) is 2.92. The second-order valence-corrected chi connectivity index (χ2v) is 4.90. The molecule has 0 spiro atoms. The van der Waals surface area contributed by atoms with E-state index >= 15 is 0 Å². The van der Waals surface area contributed by atoms with Crippen LogP contribution in [0.15, 0.2) is 0 Å². The van der Waals surface area contributed by atoms with Gasteiger partial charge in [-0.15, -0.1) is 0 Å². The molecule has 0 aromatic heterocycles. The Morgan fingerprint density at radius 2 is 0.917 bits per heavy atom. The molecular formula is C12H22. The van der Waals surface area contributed by atoms with E-state index in [1.807, 2.05) is 0 Å². The third-order valence-electron chi connectivity index (χ3n) is 3.81. The molecule has 3 fully saturated rings. The monoisotopic (exact) mass is 166 g/mol. The topological polar surface area (TPSA) is 0 Å². The Bertz CT molecular complexity index is 102. The minimum absolute atomic E-state index is 1.15. The van der Waals surface area contributed by atoms with E-state index in [0.29, 0.717) is 0 Å². The van der Waals surface area contributed by atoms with Crippen molar-refractivity contribution in [2.45, 2.75) is 64.2 Å². The van der Waals surface area contributed by atoms with Crippen LogP contribution in [0, 0.1) is 11.8 Å². The zero-order valence-electron chi connectivity index (χ0n) is 8.23. The molecule has 0 aliphatic heterocycles. The summed E-state index contributed by atoms with van der Waals surface area (Å²) in [6, 6.07) is 0. The Morgan fingerprint density at radius 3 is 1.42 bits per heavy atom. The summed E-state index contributed by atoms with van der Waals surface area (Å²) in [5, 5.41) is 0. The van der Waals surface area contributed by atoms with Gasteiger partial charge in [-0.3, -0.25) is 0 Å². The SMILES string of the molecule is C1CCCCC2CC(CCC1)C2. The highest BCUT2D eigenvalue weighted by Gasteiger charge is 2.27. The Kier molecular flexibility index (Phi) is 3.08. The van der Waals surface area contributed by atoms with Gasteiger partial charge in [-0.25, -0.2) is 0 Å². The van der Waals surface area contributed by atoms with E-state index in [-0.39, 0.29) is 0 Å². The second-order valence-electron chi connectivity index (χ2n) is 4.90. The van der Waals surface area contributed by atoms with E-state index < -0.39 is 0 Å². The molecule has 70 valence electrons. The molecular weight excluding hydrogens is 144 g/mol. The fraction of sp³-hybridized carbons (Fsp3) is 1.00. The molecule has 0 heteroatoms. The fourth-order valence-electron chi connectivity index (χ4n) is 2.92. The molecule has 3 rings (SSSR count). The Labute approximate surface area is 76.7 Å². The van der Waals surface area contributed by atoms with Gasteiger partial charge in [0.05, 0.1) is 0 Å². The van der Waals surface area contributed by atoms with Crippen LogP contribution in [0.1, 0.15) is 64.2 Å². The first-order valence-corrected chi connectivity index (χ1v) is 5.95. The quantitative estimate of drug-likeness (QED) is 0.507. The summed E-state index contributed by atoms with van der Waals surface area (Å²) in [6.07, 6.45) is 15.4. The van der Waals surface area contributed by atoms with Crippen LogP contribution in [0.5, 0.6) is 0 Å². The van der Waals surface area contributed by atoms with Crippen molar-refractivity contribution in [2.24, 2.45) is 11.8 Å². The largest absolute Gasteiger partial charge is 0.0533 e. The van der Waals surface area contributed by atoms with Gasteiger partial charge in [0, 0.05) is 0 Å². The van der Waals surface area contributed by atoms with Gasteiger partial charge in [0.25, 0.3) is 0 Å². The predicted molar refractivity (Wildman–Crippen MR) is 53.2 cm³/mol. The number of rotatable bonds is 0. The normalized spacial score (nSPS) is 38.0. The summed E-state index contributed by atoms with van der Waals surface area (Å²) in [7, 11) is 0. The highest BCUT2D eigenvalue weighted by atomic mass is 14.3.